The molecule has 0 aliphatic heterocycles. The van der Waals surface area contributed by atoms with Crippen LogP contribution in [0.5, 0.6) is 0 Å². The minimum atomic E-state index is -0.517. The van der Waals surface area contributed by atoms with Crippen molar-refractivity contribution in [2.45, 2.75) is 31.9 Å². The normalized spacial score (nSPS) is 13.7. The monoisotopic (exact) mass is 328 g/mol. The van der Waals surface area contributed by atoms with Gasteiger partial charge in [0.05, 0.1) is 11.0 Å². The summed E-state index contributed by atoms with van der Waals surface area (Å²) in [6.45, 7) is 2.66. The molecule has 0 heterocycles. The molecule has 0 aromatic heterocycles. The minimum Gasteiger partial charge on any atom is -0.387 e. The van der Waals surface area contributed by atoms with Crippen molar-refractivity contribution in [3.63, 3.8) is 0 Å². The fraction of sp³-hybridized carbons (Fsp3) is 0.368. The molecule has 0 saturated carbocycles. The van der Waals surface area contributed by atoms with Gasteiger partial charge in [-0.2, -0.15) is 0 Å². The Morgan fingerprint density at radius 3 is 2.54 bits per heavy atom. The summed E-state index contributed by atoms with van der Waals surface area (Å²) in [6.07, 6.45) is 1.13. The van der Waals surface area contributed by atoms with Crippen LogP contribution >= 0.6 is 0 Å². The zero-order chi connectivity index (χ0) is 17.5. The van der Waals surface area contributed by atoms with E-state index >= 15 is 0 Å². The third-order valence-electron chi connectivity index (χ3n) is 4.37. The number of nitrogens with zero attached hydrogens (tertiary/aromatic N) is 2. The van der Waals surface area contributed by atoms with Gasteiger partial charge < -0.3 is 10.0 Å². The Kier molecular flexibility index (Phi) is 6.46. The Labute approximate surface area is 142 Å². The van der Waals surface area contributed by atoms with Gasteiger partial charge in [0.1, 0.15) is 0 Å². The summed E-state index contributed by atoms with van der Waals surface area (Å²) in [7, 11) is 1.99. The van der Waals surface area contributed by atoms with Gasteiger partial charge in [-0.1, -0.05) is 42.5 Å². The standard InChI is InChI=1S/C19H24N2O3/c1-15(11-12-16-7-6-10-18(13-16)21(23)24)20(2)14-19(22)17-8-4-3-5-9-17/h3-10,13,15,19,22H,11-12,14H2,1-2H3. The van der Waals surface area contributed by atoms with E-state index in [9.17, 15) is 15.2 Å². The van der Waals surface area contributed by atoms with E-state index in [4.69, 9.17) is 0 Å². The maximum Gasteiger partial charge on any atom is 0.269 e. The lowest BCUT2D eigenvalue weighted by atomic mass is 10.0. The molecule has 5 heteroatoms. The molecule has 2 aromatic carbocycles. The molecule has 2 unspecified atom stereocenters. The predicted octanol–water partition coefficient (Wildman–Crippen LogP) is 3.58. The van der Waals surface area contributed by atoms with Crippen LogP contribution in [-0.2, 0) is 6.42 Å². The van der Waals surface area contributed by atoms with Crippen molar-refractivity contribution < 1.29 is 10.0 Å². The first-order chi connectivity index (χ1) is 11.5. The van der Waals surface area contributed by atoms with Crippen molar-refractivity contribution in [3.8, 4) is 0 Å². The van der Waals surface area contributed by atoms with Crippen LogP contribution in [0, 0.1) is 10.1 Å². The lowest BCUT2D eigenvalue weighted by Crippen LogP contribution is -2.33. The highest BCUT2D eigenvalue weighted by atomic mass is 16.6. The first kappa shape index (κ1) is 18.1. The molecule has 0 radical (unpaired) electrons. The summed E-state index contributed by atoms with van der Waals surface area (Å²) >= 11 is 0. The van der Waals surface area contributed by atoms with Crippen LogP contribution in [0.2, 0.25) is 0 Å². The van der Waals surface area contributed by atoms with Crippen molar-refractivity contribution in [1.29, 1.82) is 0 Å². The van der Waals surface area contributed by atoms with Gasteiger partial charge in [-0.15, -0.1) is 0 Å². The number of rotatable bonds is 8. The number of aryl methyl sites for hydroxylation is 1. The average Bonchev–Trinajstić information content (AvgIpc) is 2.60. The summed E-state index contributed by atoms with van der Waals surface area (Å²) in [5.41, 5.74) is 2.01. The van der Waals surface area contributed by atoms with Crippen LogP contribution in [0.25, 0.3) is 0 Å². The van der Waals surface area contributed by atoms with E-state index in [1.165, 1.54) is 6.07 Å². The average molecular weight is 328 g/mol. The molecule has 2 atom stereocenters. The Morgan fingerprint density at radius 1 is 1.17 bits per heavy atom. The number of nitro benzene ring substituents is 1. The number of aliphatic hydroxyl groups excluding tert-OH is 1. The minimum absolute atomic E-state index is 0.132. The number of hydrogen-bond donors (Lipinski definition) is 1. The first-order valence-electron chi connectivity index (χ1n) is 8.14. The third-order valence-corrected chi connectivity index (χ3v) is 4.37. The molecule has 5 nitrogen and oxygen atoms in total. The molecule has 24 heavy (non-hydrogen) atoms. The second-order valence-electron chi connectivity index (χ2n) is 6.18. The van der Waals surface area contributed by atoms with E-state index in [2.05, 4.69) is 11.8 Å². The zero-order valence-corrected chi connectivity index (χ0v) is 14.1. The molecule has 0 bridgehead atoms. The molecule has 0 saturated heterocycles. The van der Waals surface area contributed by atoms with Gasteiger partial charge >= 0.3 is 0 Å². The number of nitro groups is 1. The van der Waals surface area contributed by atoms with Crippen LogP contribution in [-0.4, -0.2) is 34.6 Å². The zero-order valence-electron chi connectivity index (χ0n) is 14.1. The Balaban J connectivity index is 1.86. The number of hydrogen-bond acceptors (Lipinski definition) is 4. The lowest BCUT2D eigenvalue weighted by molar-refractivity contribution is -0.384. The quantitative estimate of drug-likeness (QED) is 0.594. The molecule has 1 N–H and O–H groups in total. The van der Waals surface area contributed by atoms with Crippen molar-refractivity contribution in [2.24, 2.45) is 0 Å². The summed E-state index contributed by atoms with van der Waals surface area (Å²) in [4.78, 5) is 12.6. The molecular weight excluding hydrogens is 304 g/mol. The smallest absolute Gasteiger partial charge is 0.269 e. The van der Waals surface area contributed by atoms with Crippen molar-refractivity contribution in [3.05, 3.63) is 75.8 Å². The van der Waals surface area contributed by atoms with Gasteiger partial charge in [0, 0.05) is 24.7 Å². The summed E-state index contributed by atoms with van der Waals surface area (Å²) in [6, 6.07) is 16.7. The molecular formula is C19H24N2O3. The first-order valence-corrected chi connectivity index (χ1v) is 8.14. The van der Waals surface area contributed by atoms with Gasteiger partial charge in [-0.3, -0.25) is 10.1 Å². The molecule has 128 valence electrons. The van der Waals surface area contributed by atoms with Gasteiger partial charge in [0.15, 0.2) is 0 Å². The molecule has 2 aromatic rings. The number of benzene rings is 2. The fourth-order valence-corrected chi connectivity index (χ4v) is 2.65. The second kappa shape index (κ2) is 8.57. The number of non-ortho nitro benzene ring substituents is 1. The van der Waals surface area contributed by atoms with Crippen molar-refractivity contribution >= 4 is 5.69 Å². The van der Waals surface area contributed by atoms with Gasteiger partial charge in [-0.25, -0.2) is 0 Å². The maximum atomic E-state index is 10.8. The van der Waals surface area contributed by atoms with E-state index in [0.717, 1.165) is 24.0 Å². The number of aliphatic hydroxyl groups is 1. The van der Waals surface area contributed by atoms with Crippen molar-refractivity contribution in [1.82, 2.24) is 4.90 Å². The highest BCUT2D eigenvalue weighted by Gasteiger charge is 2.15. The molecule has 0 aliphatic rings. The molecule has 0 fully saturated rings. The Bertz CT molecular complexity index is 661. The molecule has 0 aliphatic carbocycles. The summed E-state index contributed by atoms with van der Waals surface area (Å²) in [5, 5.41) is 21.1. The van der Waals surface area contributed by atoms with Crippen LogP contribution in [0.15, 0.2) is 54.6 Å². The Morgan fingerprint density at radius 2 is 1.88 bits per heavy atom. The van der Waals surface area contributed by atoms with Gasteiger partial charge in [-0.05, 0) is 37.9 Å². The van der Waals surface area contributed by atoms with E-state index in [0.29, 0.717) is 6.54 Å². The lowest BCUT2D eigenvalue weighted by Gasteiger charge is -2.27. The van der Waals surface area contributed by atoms with Crippen LogP contribution in [0.4, 0.5) is 5.69 Å². The van der Waals surface area contributed by atoms with Gasteiger partial charge in [0.25, 0.3) is 5.69 Å². The summed E-state index contributed by atoms with van der Waals surface area (Å²) in [5.74, 6) is 0. The summed E-state index contributed by atoms with van der Waals surface area (Å²) < 4.78 is 0. The van der Waals surface area contributed by atoms with Crippen LogP contribution < -0.4 is 0 Å². The SMILES string of the molecule is CC(CCc1cccc([N+](=O)[O-])c1)N(C)CC(O)c1ccccc1. The largest absolute Gasteiger partial charge is 0.387 e. The molecule has 0 spiro atoms. The van der Waals surface area contributed by atoms with E-state index in [1.807, 2.05) is 43.4 Å². The van der Waals surface area contributed by atoms with Crippen LogP contribution in [0.1, 0.15) is 30.6 Å². The van der Waals surface area contributed by atoms with Gasteiger partial charge in [0.2, 0.25) is 0 Å². The van der Waals surface area contributed by atoms with E-state index in [-0.39, 0.29) is 16.7 Å². The second-order valence-corrected chi connectivity index (χ2v) is 6.18. The molecule has 2 rings (SSSR count). The number of likely N-dealkylation sites (N-methyl/N-ethyl adjacent to an activating group) is 1. The molecule has 0 amide bonds. The third kappa shape index (κ3) is 5.15. The fourth-order valence-electron chi connectivity index (χ4n) is 2.65. The predicted molar refractivity (Wildman–Crippen MR) is 94.9 cm³/mol. The van der Waals surface area contributed by atoms with E-state index < -0.39 is 6.10 Å². The maximum absolute atomic E-state index is 10.8. The Hall–Kier alpha value is -2.24. The van der Waals surface area contributed by atoms with Crippen LogP contribution in [0.3, 0.4) is 0 Å². The highest BCUT2D eigenvalue weighted by molar-refractivity contribution is 5.34. The van der Waals surface area contributed by atoms with Crippen molar-refractivity contribution in [2.75, 3.05) is 13.6 Å². The topological polar surface area (TPSA) is 66.6 Å². The van der Waals surface area contributed by atoms with E-state index in [1.54, 1.807) is 12.1 Å². The highest BCUT2D eigenvalue weighted by Crippen LogP contribution is 2.18.